The van der Waals surface area contributed by atoms with E-state index in [0.717, 1.165) is 23.1 Å². The highest BCUT2D eigenvalue weighted by atomic mass is 16.3. The molecule has 0 radical (unpaired) electrons. The van der Waals surface area contributed by atoms with Gasteiger partial charge in [0.05, 0.1) is 6.10 Å². The van der Waals surface area contributed by atoms with Gasteiger partial charge in [-0.15, -0.1) is 0 Å². The van der Waals surface area contributed by atoms with Crippen LogP contribution in [0.4, 0.5) is 0 Å². The van der Waals surface area contributed by atoms with E-state index in [1.54, 1.807) is 0 Å². The van der Waals surface area contributed by atoms with Crippen molar-refractivity contribution in [2.75, 3.05) is 0 Å². The van der Waals surface area contributed by atoms with Crippen molar-refractivity contribution in [2.45, 2.75) is 24.5 Å². The van der Waals surface area contributed by atoms with Crippen molar-refractivity contribution >= 4 is 0 Å². The number of aryl methyl sites for hydroxylation is 1. The van der Waals surface area contributed by atoms with E-state index in [9.17, 15) is 10.2 Å². The summed E-state index contributed by atoms with van der Waals surface area (Å²) in [6.07, 6.45) is 0.643. The minimum absolute atomic E-state index is 0.586. The molecule has 2 N–H and O–H groups in total. The van der Waals surface area contributed by atoms with Crippen LogP contribution in [0.25, 0.3) is 0 Å². The Labute approximate surface area is 107 Å². The van der Waals surface area contributed by atoms with Gasteiger partial charge >= 0.3 is 0 Å². The molecule has 0 fully saturated rings. The number of aliphatic hydroxyl groups is 2. The van der Waals surface area contributed by atoms with E-state index in [2.05, 4.69) is 0 Å². The fourth-order valence-electron chi connectivity index (χ4n) is 2.83. The normalized spacial score (nSPS) is 26.7. The monoisotopic (exact) mass is 240 g/mol. The van der Waals surface area contributed by atoms with Crippen LogP contribution < -0.4 is 0 Å². The third kappa shape index (κ3) is 1.57. The van der Waals surface area contributed by atoms with E-state index in [4.69, 9.17) is 0 Å². The summed E-state index contributed by atoms with van der Waals surface area (Å²) >= 11 is 0. The molecule has 0 saturated heterocycles. The predicted molar refractivity (Wildman–Crippen MR) is 70.2 cm³/mol. The molecule has 2 heteroatoms. The van der Waals surface area contributed by atoms with Gasteiger partial charge in [-0.1, -0.05) is 54.6 Å². The molecule has 0 amide bonds. The number of fused-ring (bicyclic) bond motifs is 1. The molecule has 92 valence electrons. The highest BCUT2D eigenvalue weighted by Crippen LogP contribution is 2.40. The summed E-state index contributed by atoms with van der Waals surface area (Å²) in [5.74, 6) is 0. The zero-order chi connectivity index (χ0) is 12.6. The van der Waals surface area contributed by atoms with Gasteiger partial charge in [-0.2, -0.15) is 0 Å². The lowest BCUT2D eigenvalue weighted by atomic mass is 9.73. The van der Waals surface area contributed by atoms with E-state index in [1.807, 2.05) is 54.6 Å². The van der Waals surface area contributed by atoms with E-state index < -0.39 is 11.7 Å². The van der Waals surface area contributed by atoms with Crippen molar-refractivity contribution in [1.82, 2.24) is 0 Å². The molecule has 0 aromatic heterocycles. The molecular formula is C16H16O2. The zero-order valence-electron chi connectivity index (χ0n) is 10.1. The molecule has 2 aromatic rings. The van der Waals surface area contributed by atoms with Crippen LogP contribution in [0.15, 0.2) is 54.6 Å². The Bertz CT molecular complexity index is 550. The lowest BCUT2D eigenvalue weighted by molar-refractivity contribution is -0.0598. The minimum Gasteiger partial charge on any atom is -0.389 e. The molecule has 0 unspecified atom stereocenters. The van der Waals surface area contributed by atoms with E-state index in [-0.39, 0.29) is 0 Å². The largest absolute Gasteiger partial charge is 0.389 e. The second-order valence-corrected chi connectivity index (χ2v) is 4.84. The van der Waals surface area contributed by atoms with Crippen LogP contribution in [0.2, 0.25) is 0 Å². The molecule has 3 rings (SSSR count). The SMILES string of the molecule is O[C@@H]1CCc2ccccc2[C@]1(O)c1ccccc1. The minimum atomic E-state index is -1.28. The number of hydrogen-bond acceptors (Lipinski definition) is 2. The topological polar surface area (TPSA) is 40.5 Å². The Morgan fingerprint density at radius 2 is 1.61 bits per heavy atom. The Kier molecular flexibility index (Phi) is 2.69. The number of aliphatic hydroxyl groups excluding tert-OH is 1. The third-order valence-electron chi connectivity index (χ3n) is 3.81. The van der Waals surface area contributed by atoms with Gasteiger partial charge < -0.3 is 10.2 Å². The third-order valence-corrected chi connectivity index (χ3v) is 3.81. The second kappa shape index (κ2) is 4.23. The van der Waals surface area contributed by atoms with Gasteiger partial charge in [0.2, 0.25) is 0 Å². The van der Waals surface area contributed by atoms with Crippen molar-refractivity contribution < 1.29 is 10.2 Å². The van der Waals surface area contributed by atoms with Gasteiger partial charge in [0.15, 0.2) is 0 Å². The molecule has 0 spiro atoms. The molecule has 2 aromatic carbocycles. The Morgan fingerprint density at radius 3 is 2.39 bits per heavy atom. The molecule has 0 aliphatic heterocycles. The van der Waals surface area contributed by atoms with Crippen molar-refractivity contribution in [2.24, 2.45) is 0 Å². The summed E-state index contributed by atoms with van der Waals surface area (Å²) in [5, 5.41) is 21.3. The molecule has 1 aliphatic rings. The Morgan fingerprint density at radius 1 is 0.944 bits per heavy atom. The Balaban J connectivity index is 2.21. The van der Waals surface area contributed by atoms with Crippen molar-refractivity contribution in [1.29, 1.82) is 0 Å². The summed E-state index contributed by atoms with van der Waals surface area (Å²) in [4.78, 5) is 0. The smallest absolute Gasteiger partial charge is 0.141 e. The molecule has 2 atom stereocenters. The van der Waals surface area contributed by atoms with Gasteiger partial charge in [0.1, 0.15) is 5.60 Å². The van der Waals surface area contributed by atoms with Crippen molar-refractivity contribution in [3.63, 3.8) is 0 Å². The molecule has 1 aliphatic carbocycles. The van der Waals surface area contributed by atoms with E-state index in [1.165, 1.54) is 0 Å². The molecule has 0 bridgehead atoms. The summed E-state index contributed by atoms with van der Waals surface area (Å²) in [6, 6.07) is 17.2. The zero-order valence-corrected chi connectivity index (χ0v) is 10.1. The first-order valence-corrected chi connectivity index (χ1v) is 6.27. The lowest BCUT2D eigenvalue weighted by Crippen LogP contribution is -2.44. The summed E-state index contributed by atoms with van der Waals surface area (Å²) < 4.78 is 0. The van der Waals surface area contributed by atoms with Crippen LogP contribution in [-0.2, 0) is 12.0 Å². The highest BCUT2D eigenvalue weighted by molar-refractivity contribution is 5.44. The van der Waals surface area contributed by atoms with Gasteiger partial charge in [0, 0.05) is 0 Å². The fraction of sp³-hybridized carbons (Fsp3) is 0.250. The maximum Gasteiger partial charge on any atom is 0.141 e. The molecule has 0 heterocycles. The van der Waals surface area contributed by atoms with Gasteiger partial charge in [-0.3, -0.25) is 0 Å². The van der Waals surface area contributed by atoms with Crippen LogP contribution in [0.1, 0.15) is 23.1 Å². The quantitative estimate of drug-likeness (QED) is 0.802. The first-order valence-electron chi connectivity index (χ1n) is 6.27. The van der Waals surface area contributed by atoms with E-state index in [0.29, 0.717) is 6.42 Å². The summed E-state index contributed by atoms with van der Waals surface area (Å²) in [6.45, 7) is 0. The summed E-state index contributed by atoms with van der Waals surface area (Å²) in [5.41, 5.74) is 1.42. The predicted octanol–water partition coefficient (Wildman–Crippen LogP) is 2.23. The first-order chi connectivity index (χ1) is 8.73. The second-order valence-electron chi connectivity index (χ2n) is 4.84. The van der Waals surface area contributed by atoms with Crippen molar-refractivity contribution in [3.05, 3.63) is 71.3 Å². The van der Waals surface area contributed by atoms with Crippen LogP contribution in [0.3, 0.4) is 0 Å². The van der Waals surface area contributed by atoms with Gasteiger partial charge in [-0.25, -0.2) is 0 Å². The molecular weight excluding hydrogens is 224 g/mol. The lowest BCUT2D eigenvalue weighted by Gasteiger charge is -2.39. The molecule has 2 nitrogen and oxygen atoms in total. The van der Waals surface area contributed by atoms with Gasteiger partial charge in [0.25, 0.3) is 0 Å². The number of benzene rings is 2. The average Bonchev–Trinajstić information content (AvgIpc) is 2.44. The van der Waals surface area contributed by atoms with Crippen LogP contribution in [0, 0.1) is 0 Å². The maximum atomic E-state index is 11.0. The highest BCUT2D eigenvalue weighted by Gasteiger charge is 2.43. The number of rotatable bonds is 1. The van der Waals surface area contributed by atoms with E-state index >= 15 is 0 Å². The van der Waals surface area contributed by atoms with Crippen molar-refractivity contribution in [3.8, 4) is 0 Å². The molecule has 0 saturated carbocycles. The Hall–Kier alpha value is -1.64. The van der Waals surface area contributed by atoms with Crippen LogP contribution in [0.5, 0.6) is 0 Å². The van der Waals surface area contributed by atoms with Crippen LogP contribution in [-0.4, -0.2) is 16.3 Å². The first kappa shape index (κ1) is 11.5. The number of hydrogen-bond donors (Lipinski definition) is 2. The van der Waals surface area contributed by atoms with Gasteiger partial charge in [-0.05, 0) is 29.5 Å². The van der Waals surface area contributed by atoms with Crippen LogP contribution >= 0.6 is 0 Å². The summed E-state index contributed by atoms with van der Waals surface area (Å²) in [7, 11) is 0. The average molecular weight is 240 g/mol. The molecule has 18 heavy (non-hydrogen) atoms. The fourth-order valence-corrected chi connectivity index (χ4v) is 2.83. The standard InChI is InChI=1S/C16H16O2/c17-15-11-10-12-6-4-5-9-14(12)16(15,18)13-7-2-1-3-8-13/h1-9,15,17-18H,10-11H2/t15-,16-/m1/s1. The maximum absolute atomic E-state index is 11.0.